The Labute approximate surface area is 186 Å². The topological polar surface area (TPSA) is 117 Å². The molecule has 0 bridgehead atoms. The first-order valence-corrected chi connectivity index (χ1v) is 11.0. The number of fused-ring (bicyclic) bond motifs is 1. The number of nitrogens with zero attached hydrogens (tertiary/aromatic N) is 2. The lowest BCUT2D eigenvalue weighted by Crippen LogP contribution is -2.51. The zero-order chi connectivity index (χ0) is 24.4. The Morgan fingerprint density at radius 2 is 1.64 bits per heavy atom. The van der Waals surface area contributed by atoms with Gasteiger partial charge >= 0.3 is 18.1 Å². The van der Waals surface area contributed by atoms with Gasteiger partial charge < -0.3 is 10.2 Å². The number of halogens is 3. The molecule has 1 aromatic heterocycles. The van der Waals surface area contributed by atoms with Crippen LogP contribution in [0.2, 0.25) is 0 Å². The van der Waals surface area contributed by atoms with E-state index in [4.69, 9.17) is 9.90 Å². The van der Waals surface area contributed by atoms with Gasteiger partial charge in [-0.3, -0.25) is 9.69 Å². The maximum absolute atomic E-state index is 12.9. The summed E-state index contributed by atoms with van der Waals surface area (Å²) < 4.78 is 58.9. The second-order valence-corrected chi connectivity index (χ2v) is 9.01. The number of likely N-dealkylation sites (tertiary alicyclic amines) is 1. The van der Waals surface area contributed by atoms with Crippen LogP contribution in [0.4, 0.5) is 13.2 Å². The molecule has 176 valence electrons. The fourth-order valence-corrected chi connectivity index (χ4v) is 4.76. The SMILES string of the molecule is O=C(O)C(F)(F)F.O=C(O)[C@@H]1CCN1Cc1cccc2c1ccn2S(=O)(=O)c1ccccc1. The van der Waals surface area contributed by atoms with Gasteiger partial charge in [0.15, 0.2) is 0 Å². The molecule has 1 fully saturated rings. The van der Waals surface area contributed by atoms with Gasteiger partial charge in [0.05, 0.1) is 10.4 Å². The second-order valence-electron chi connectivity index (χ2n) is 7.20. The zero-order valence-electron chi connectivity index (χ0n) is 16.9. The predicted molar refractivity (Wildman–Crippen MR) is 111 cm³/mol. The van der Waals surface area contributed by atoms with Crippen LogP contribution in [0, 0.1) is 0 Å². The summed E-state index contributed by atoms with van der Waals surface area (Å²) in [6.07, 6.45) is -2.88. The van der Waals surface area contributed by atoms with Crippen molar-refractivity contribution in [2.24, 2.45) is 0 Å². The van der Waals surface area contributed by atoms with Gasteiger partial charge in [-0.05, 0) is 36.2 Å². The number of benzene rings is 2. The van der Waals surface area contributed by atoms with E-state index in [0.29, 0.717) is 18.5 Å². The molecule has 0 aliphatic carbocycles. The lowest BCUT2D eigenvalue weighted by Gasteiger charge is -2.38. The molecule has 2 heterocycles. The van der Waals surface area contributed by atoms with Crippen molar-refractivity contribution in [3.63, 3.8) is 0 Å². The van der Waals surface area contributed by atoms with Crippen molar-refractivity contribution in [1.29, 1.82) is 0 Å². The van der Waals surface area contributed by atoms with E-state index in [0.717, 1.165) is 17.5 Å². The Hall–Kier alpha value is -3.38. The molecule has 2 N–H and O–H groups in total. The summed E-state index contributed by atoms with van der Waals surface area (Å²) in [6, 6.07) is 15.1. The Morgan fingerprint density at radius 3 is 2.15 bits per heavy atom. The summed E-state index contributed by atoms with van der Waals surface area (Å²) in [6.45, 7) is 1.22. The highest BCUT2D eigenvalue weighted by Gasteiger charge is 2.38. The number of rotatable bonds is 5. The molecule has 1 atom stereocenters. The van der Waals surface area contributed by atoms with Crippen molar-refractivity contribution in [2.45, 2.75) is 30.1 Å². The van der Waals surface area contributed by atoms with Crippen molar-refractivity contribution < 1.29 is 41.4 Å². The minimum atomic E-state index is -5.08. The molecule has 12 heteroatoms. The summed E-state index contributed by atoms with van der Waals surface area (Å²) in [7, 11) is -3.67. The number of carboxylic acids is 2. The largest absolute Gasteiger partial charge is 0.490 e. The Balaban J connectivity index is 0.000000383. The molecule has 33 heavy (non-hydrogen) atoms. The van der Waals surface area contributed by atoms with Gasteiger partial charge in [0.25, 0.3) is 10.0 Å². The Morgan fingerprint density at radius 1 is 1.00 bits per heavy atom. The van der Waals surface area contributed by atoms with Crippen LogP contribution in [-0.4, -0.2) is 58.2 Å². The maximum Gasteiger partial charge on any atom is 0.490 e. The van der Waals surface area contributed by atoms with E-state index in [2.05, 4.69) is 0 Å². The first kappa shape index (κ1) is 24.3. The molecule has 1 aliphatic rings. The fourth-order valence-electron chi connectivity index (χ4n) is 3.39. The highest BCUT2D eigenvalue weighted by Crippen LogP contribution is 2.28. The Kier molecular flexibility index (Phi) is 6.79. The smallest absolute Gasteiger partial charge is 0.480 e. The Bertz CT molecular complexity index is 1270. The van der Waals surface area contributed by atoms with Gasteiger partial charge in [-0.1, -0.05) is 30.3 Å². The van der Waals surface area contributed by atoms with Crippen LogP contribution in [0.1, 0.15) is 12.0 Å². The molecular formula is C21H19F3N2O6S. The standard InChI is InChI=1S/C19H18N2O4S.C2HF3O2/c22-19(23)18-10-11-20(18)13-14-5-4-8-17-16(14)9-12-21(17)26(24,25)15-6-2-1-3-7-15;3-2(4,5)1(6)7/h1-9,12,18H,10-11,13H2,(H,22,23);(H,6,7)/t18-;/m0./s1. The fraction of sp³-hybridized carbons (Fsp3) is 0.238. The average molecular weight is 484 g/mol. The molecule has 0 spiro atoms. The van der Waals surface area contributed by atoms with E-state index in [1.54, 1.807) is 48.7 Å². The van der Waals surface area contributed by atoms with Gasteiger partial charge in [0, 0.05) is 24.7 Å². The monoisotopic (exact) mass is 484 g/mol. The van der Waals surface area contributed by atoms with E-state index < -0.39 is 34.2 Å². The highest BCUT2D eigenvalue weighted by molar-refractivity contribution is 7.90. The summed E-state index contributed by atoms with van der Waals surface area (Å²) in [5, 5.41) is 17.2. The van der Waals surface area contributed by atoms with Crippen molar-refractivity contribution >= 4 is 32.9 Å². The quantitative estimate of drug-likeness (QED) is 0.571. The van der Waals surface area contributed by atoms with Gasteiger partial charge in [0.1, 0.15) is 6.04 Å². The maximum atomic E-state index is 12.9. The molecule has 8 nitrogen and oxygen atoms in total. The molecule has 4 rings (SSSR count). The normalized spacial score (nSPS) is 16.5. The minimum absolute atomic E-state index is 0.233. The number of alkyl halides is 3. The second kappa shape index (κ2) is 9.24. The van der Waals surface area contributed by atoms with Crippen LogP contribution in [0.15, 0.2) is 65.7 Å². The van der Waals surface area contributed by atoms with Crippen molar-refractivity contribution in [1.82, 2.24) is 8.87 Å². The van der Waals surface area contributed by atoms with E-state index in [-0.39, 0.29) is 4.90 Å². The number of aliphatic carboxylic acids is 2. The minimum Gasteiger partial charge on any atom is -0.480 e. The number of carbonyl (C=O) groups is 2. The summed E-state index contributed by atoms with van der Waals surface area (Å²) in [4.78, 5) is 22.2. The summed E-state index contributed by atoms with van der Waals surface area (Å²) >= 11 is 0. The van der Waals surface area contributed by atoms with Crippen LogP contribution < -0.4 is 0 Å². The van der Waals surface area contributed by atoms with Crippen LogP contribution in [0.5, 0.6) is 0 Å². The predicted octanol–water partition coefficient (Wildman–Crippen LogP) is 3.17. The number of aromatic nitrogens is 1. The first-order valence-electron chi connectivity index (χ1n) is 9.59. The lowest BCUT2D eigenvalue weighted by atomic mass is 10.0. The lowest BCUT2D eigenvalue weighted by molar-refractivity contribution is -0.192. The highest BCUT2D eigenvalue weighted by atomic mass is 32.2. The van der Waals surface area contributed by atoms with Crippen molar-refractivity contribution in [2.75, 3.05) is 6.54 Å². The van der Waals surface area contributed by atoms with E-state index >= 15 is 0 Å². The molecule has 1 aliphatic heterocycles. The third kappa shape index (κ3) is 5.17. The van der Waals surface area contributed by atoms with Crippen LogP contribution >= 0.6 is 0 Å². The summed E-state index contributed by atoms with van der Waals surface area (Å²) in [5.41, 5.74) is 1.52. The molecule has 3 aromatic rings. The van der Waals surface area contributed by atoms with E-state index in [9.17, 15) is 31.5 Å². The van der Waals surface area contributed by atoms with E-state index in [1.165, 1.54) is 3.97 Å². The van der Waals surface area contributed by atoms with E-state index in [1.807, 2.05) is 17.0 Å². The first-order chi connectivity index (χ1) is 15.4. The molecule has 1 saturated heterocycles. The third-order valence-electron chi connectivity index (χ3n) is 5.12. The van der Waals surface area contributed by atoms with Crippen molar-refractivity contribution in [3.05, 3.63) is 66.4 Å². The molecular weight excluding hydrogens is 465 g/mol. The molecule has 0 amide bonds. The van der Waals surface area contributed by atoms with Crippen molar-refractivity contribution in [3.8, 4) is 0 Å². The summed E-state index contributed by atoms with van der Waals surface area (Å²) in [5.74, 6) is -3.57. The van der Waals surface area contributed by atoms with Crippen LogP contribution in [-0.2, 0) is 26.2 Å². The molecule has 2 aromatic carbocycles. The number of carboxylic acid groups (broad SMARTS) is 2. The van der Waals surface area contributed by atoms with Gasteiger partial charge in [-0.25, -0.2) is 17.2 Å². The van der Waals surface area contributed by atoms with Crippen LogP contribution in [0.3, 0.4) is 0 Å². The van der Waals surface area contributed by atoms with Gasteiger partial charge in [-0.15, -0.1) is 0 Å². The average Bonchev–Trinajstić information content (AvgIpc) is 3.17. The molecule has 0 unspecified atom stereocenters. The molecule has 0 saturated carbocycles. The number of hydrogen-bond acceptors (Lipinski definition) is 5. The van der Waals surface area contributed by atoms with Gasteiger partial charge in [-0.2, -0.15) is 13.2 Å². The zero-order valence-corrected chi connectivity index (χ0v) is 17.8. The van der Waals surface area contributed by atoms with Crippen LogP contribution in [0.25, 0.3) is 10.9 Å². The number of hydrogen-bond donors (Lipinski definition) is 2. The third-order valence-corrected chi connectivity index (χ3v) is 6.82. The van der Waals surface area contributed by atoms with Gasteiger partial charge in [0.2, 0.25) is 0 Å². The molecule has 0 radical (unpaired) electrons.